The van der Waals surface area contributed by atoms with Crippen LogP contribution >= 0.6 is 0 Å². The zero-order chi connectivity index (χ0) is 18.3. The van der Waals surface area contributed by atoms with E-state index in [1.54, 1.807) is 0 Å². The molecule has 27 heavy (non-hydrogen) atoms. The van der Waals surface area contributed by atoms with E-state index >= 15 is 0 Å². The second kappa shape index (κ2) is 5.71. The van der Waals surface area contributed by atoms with Crippen molar-refractivity contribution in [1.29, 1.82) is 0 Å². The lowest BCUT2D eigenvalue weighted by atomic mass is 9.44. The molecule has 6 rings (SSSR count). The van der Waals surface area contributed by atoms with Crippen LogP contribution < -0.4 is 0 Å². The van der Waals surface area contributed by atoms with Crippen LogP contribution in [0.25, 0.3) is 0 Å². The highest BCUT2D eigenvalue weighted by Crippen LogP contribution is 2.70. The van der Waals surface area contributed by atoms with Crippen molar-refractivity contribution in [3.8, 4) is 0 Å². The van der Waals surface area contributed by atoms with Crippen molar-refractivity contribution in [2.75, 3.05) is 26.4 Å². The molecule has 6 aliphatic rings. The molecule has 6 fully saturated rings. The molecule has 4 saturated carbocycles. The Kier molecular flexibility index (Phi) is 3.74. The van der Waals surface area contributed by atoms with Gasteiger partial charge in [0.25, 0.3) is 0 Å². The Bertz CT molecular complexity index is 607. The van der Waals surface area contributed by atoms with Crippen LogP contribution in [-0.4, -0.2) is 38.0 Å². The van der Waals surface area contributed by atoms with Crippen molar-refractivity contribution in [2.45, 2.75) is 83.2 Å². The van der Waals surface area contributed by atoms with E-state index in [-0.39, 0.29) is 17.0 Å². The van der Waals surface area contributed by atoms with Crippen molar-refractivity contribution in [1.82, 2.24) is 0 Å². The van der Waals surface area contributed by atoms with E-state index in [0.717, 1.165) is 69.4 Å². The van der Waals surface area contributed by atoms with Gasteiger partial charge in [0.1, 0.15) is 0 Å². The monoisotopic (exact) mass is 376 g/mol. The number of hydrogen-bond acceptors (Lipinski definition) is 4. The molecule has 0 amide bonds. The minimum atomic E-state index is -0.261. The molecule has 0 bridgehead atoms. The summed E-state index contributed by atoms with van der Waals surface area (Å²) in [6, 6.07) is 0. The lowest BCUT2D eigenvalue weighted by Gasteiger charge is -2.62. The van der Waals surface area contributed by atoms with Gasteiger partial charge in [0.05, 0.1) is 26.4 Å². The van der Waals surface area contributed by atoms with Gasteiger partial charge in [0, 0.05) is 24.7 Å². The maximum atomic E-state index is 6.29. The first-order valence-corrected chi connectivity index (χ1v) is 11.6. The Morgan fingerprint density at radius 3 is 2.15 bits per heavy atom. The number of hydrogen-bond donors (Lipinski definition) is 0. The van der Waals surface area contributed by atoms with Crippen molar-refractivity contribution < 1.29 is 18.9 Å². The molecule has 4 heteroatoms. The standard InChI is InChI=1S/C23H36O4/c1-20-9-10-22(24-11-12-25-22)15-16(20)3-4-17-18(20)5-7-21(2)19(17)6-8-23(21)26-13-14-27-23/h16-19H,3-15H2,1-2H3/t16-,17+,18+,19-,20-,21-/m0/s1. The maximum Gasteiger partial charge on any atom is 0.174 e. The smallest absolute Gasteiger partial charge is 0.174 e. The second-order valence-electron chi connectivity index (χ2n) is 10.9. The summed E-state index contributed by atoms with van der Waals surface area (Å²) in [6.07, 6.45) is 11.3. The highest BCUT2D eigenvalue weighted by Gasteiger charge is 2.67. The zero-order valence-corrected chi connectivity index (χ0v) is 17.1. The molecule has 4 aliphatic carbocycles. The second-order valence-corrected chi connectivity index (χ2v) is 10.9. The van der Waals surface area contributed by atoms with E-state index in [1.807, 2.05) is 0 Å². The zero-order valence-electron chi connectivity index (χ0n) is 17.1. The summed E-state index contributed by atoms with van der Waals surface area (Å²) in [7, 11) is 0. The van der Waals surface area contributed by atoms with Gasteiger partial charge in [-0.05, 0) is 67.6 Å². The van der Waals surface area contributed by atoms with Gasteiger partial charge in [-0.1, -0.05) is 13.8 Å². The van der Waals surface area contributed by atoms with Gasteiger partial charge in [-0.3, -0.25) is 0 Å². The predicted octanol–water partition coefficient (Wildman–Crippen LogP) is 4.52. The third-order valence-corrected chi connectivity index (χ3v) is 10.3. The van der Waals surface area contributed by atoms with E-state index in [2.05, 4.69) is 13.8 Å². The highest BCUT2D eigenvalue weighted by molar-refractivity contribution is 5.13. The number of rotatable bonds is 0. The van der Waals surface area contributed by atoms with Gasteiger partial charge in [-0.25, -0.2) is 0 Å². The first-order chi connectivity index (χ1) is 13.0. The molecule has 0 aromatic carbocycles. The largest absolute Gasteiger partial charge is 0.348 e. The van der Waals surface area contributed by atoms with Crippen LogP contribution in [0.1, 0.15) is 71.6 Å². The lowest BCUT2D eigenvalue weighted by molar-refractivity contribution is -0.257. The molecular weight excluding hydrogens is 340 g/mol. The summed E-state index contributed by atoms with van der Waals surface area (Å²) in [6.45, 7) is 8.27. The fourth-order valence-electron chi connectivity index (χ4n) is 8.84. The van der Waals surface area contributed by atoms with E-state index in [0.29, 0.717) is 5.41 Å². The fourth-order valence-corrected chi connectivity index (χ4v) is 8.84. The molecule has 0 aromatic heterocycles. The Labute approximate surface area is 163 Å². The van der Waals surface area contributed by atoms with Gasteiger partial charge < -0.3 is 18.9 Å². The minimum absolute atomic E-state index is 0.224. The normalized spacial score (nSPS) is 52.7. The minimum Gasteiger partial charge on any atom is -0.348 e. The van der Waals surface area contributed by atoms with E-state index in [9.17, 15) is 0 Å². The first kappa shape index (κ1) is 17.7. The van der Waals surface area contributed by atoms with Crippen molar-refractivity contribution in [3.63, 3.8) is 0 Å². The van der Waals surface area contributed by atoms with E-state index in [1.165, 1.54) is 38.5 Å². The molecular formula is C23H36O4. The molecule has 4 nitrogen and oxygen atoms in total. The van der Waals surface area contributed by atoms with E-state index in [4.69, 9.17) is 18.9 Å². The SMILES string of the molecule is C[C@]12CCC3(C[C@@H]1CC[C@@H]1[C@H]2CC[C@@]2(C)[C@H]1CCC21OCCO1)OCCO3. The van der Waals surface area contributed by atoms with Crippen molar-refractivity contribution in [3.05, 3.63) is 0 Å². The van der Waals surface area contributed by atoms with Crippen molar-refractivity contribution in [2.24, 2.45) is 34.5 Å². The topological polar surface area (TPSA) is 36.9 Å². The third-order valence-electron chi connectivity index (χ3n) is 10.3. The van der Waals surface area contributed by atoms with Crippen LogP contribution in [0, 0.1) is 34.5 Å². The molecule has 0 radical (unpaired) electrons. The summed E-state index contributed by atoms with van der Waals surface area (Å²) < 4.78 is 24.8. The molecule has 2 aliphatic heterocycles. The lowest BCUT2D eigenvalue weighted by Crippen LogP contribution is -2.58. The Balaban J connectivity index is 1.28. The van der Waals surface area contributed by atoms with Gasteiger partial charge in [-0.15, -0.1) is 0 Å². The molecule has 0 unspecified atom stereocenters. The van der Waals surface area contributed by atoms with Crippen LogP contribution in [0.5, 0.6) is 0 Å². The van der Waals surface area contributed by atoms with Crippen LogP contribution in [0.4, 0.5) is 0 Å². The summed E-state index contributed by atoms with van der Waals surface area (Å²) in [5.41, 5.74) is 0.694. The molecule has 2 saturated heterocycles. The quantitative estimate of drug-likeness (QED) is 0.623. The molecule has 2 heterocycles. The van der Waals surface area contributed by atoms with E-state index < -0.39 is 0 Å². The summed E-state index contributed by atoms with van der Waals surface area (Å²) in [4.78, 5) is 0. The maximum absolute atomic E-state index is 6.29. The summed E-state index contributed by atoms with van der Waals surface area (Å²) in [5.74, 6) is 2.78. The van der Waals surface area contributed by atoms with Crippen LogP contribution in [-0.2, 0) is 18.9 Å². The van der Waals surface area contributed by atoms with Crippen LogP contribution in [0.2, 0.25) is 0 Å². The first-order valence-electron chi connectivity index (χ1n) is 11.6. The Morgan fingerprint density at radius 2 is 1.37 bits per heavy atom. The number of fused-ring (bicyclic) bond motifs is 6. The van der Waals surface area contributed by atoms with Gasteiger partial charge in [-0.2, -0.15) is 0 Å². The van der Waals surface area contributed by atoms with Crippen LogP contribution in [0.3, 0.4) is 0 Å². The Morgan fingerprint density at radius 1 is 0.667 bits per heavy atom. The summed E-state index contributed by atoms with van der Waals surface area (Å²) in [5, 5.41) is 0. The third kappa shape index (κ3) is 2.19. The molecule has 6 atom stereocenters. The molecule has 0 N–H and O–H groups in total. The van der Waals surface area contributed by atoms with Crippen molar-refractivity contribution >= 4 is 0 Å². The van der Waals surface area contributed by atoms with Gasteiger partial charge >= 0.3 is 0 Å². The fraction of sp³-hybridized carbons (Fsp3) is 1.00. The number of ether oxygens (including phenoxy) is 4. The van der Waals surface area contributed by atoms with Crippen LogP contribution in [0.15, 0.2) is 0 Å². The average Bonchev–Trinajstić information content (AvgIpc) is 3.38. The molecule has 0 aromatic rings. The summed E-state index contributed by atoms with van der Waals surface area (Å²) >= 11 is 0. The predicted molar refractivity (Wildman–Crippen MR) is 101 cm³/mol. The van der Waals surface area contributed by atoms with Gasteiger partial charge in [0.2, 0.25) is 0 Å². The molecule has 2 spiro atoms. The highest BCUT2D eigenvalue weighted by atomic mass is 16.7. The van der Waals surface area contributed by atoms with Gasteiger partial charge in [0.15, 0.2) is 11.6 Å². The molecule has 152 valence electrons. The average molecular weight is 377 g/mol. The Hall–Kier alpha value is -0.160.